The lowest BCUT2D eigenvalue weighted by Gasteiger charge is -2.06. The second kappa shape index (κ2) is 7.98. The fourth-order valence-corrected chi connectivity index (χ4v) is 2.50. The SMILES string of the molecule is COc1ccccc1CN/N=C\c1ccc(-c2ccccc2[N+](=O)[O-])o1. The first-order chi connectivity index (χ1) is 12.7. The van der Waals surface area contributed by atoms with E-state index in [1.165, 1.54) is 12.3 Å². The average molecular weight is 351 g/mol. The summed E-state index contributed by atoms with van der Waals surface area (Å²) in [5.74, 6) is 1.70. The number of nitro groups is 1. The smallest absolute Gasteiger partial charge is 0.280 e. The molecular formula is C19H17N3O4. The molecule has 0 aliphatic carbocycles. The summed E-state index contributed by atoms with van der Waals surface area (Å²) < 4.78 is 10.9. The molecule has 26 heavy (non-hydrogen) atoms. The Morgan fingerprint density at radius 1 is 1.15 bits per heavy atom. The molecule has 0 radical (unpaired) electrons. The van der Waals surface area contributed by atoms with Gasteiger partial charge in [0.15, 0.2) is 0 Å². The third-order valence-electron chi connectivity index (χ3n) is 3.74. The second-order valence-electron chi connectivity index (χ2n) is 5.38. The van der Waals surface area contributed by atoms with Crippen molar-refractivity contribution >= 4 is 11.9 Å². The number of ether oxygens (including phenoxy) is 1. The quantitative estimate of drug-likeness (QED) is 0.395. The van der Waals surface area contributed by atoms with Gasteiger partial charge in [0.1, 0.15) is 17.3 Å². The molecule has 0 spiro atoms. The van der Waals surface area contributed by atoms with E-state index in [0.29, 0.717) is 23.6 Å². The van der Waals surface area contributed by atoms with E-state index < -0.39 is 4.92 Å². The van der Waals surface area contributed by atoms with E-state index in [-0.39, 0.29) is 5.69 Å². The van der Waals surface area contributed by atoms with Crippen molar-refractivity contribution in [1.82, 2.24) is 5.43 Å². The summed E-state index contributed by atoms with van der Waals surface area (Å²) in [5, 5.41) is 15.2. The van der Waals surface area contributed by atoms with Gasteiger partial charge in [-0.3, -0.25) is 10.1 Å². The molecule has 3 rings (SSSR count). The van der Waals surface area contributed by atoms with Crippen molar-refractivity contribution in [3.8, 4) is 17.1 Å². The zero-order valence-electron chi connectivity index (χ0n) is 14.1. The Kier molecular flexibility index (Phi) is 5.28. The molecule has 0 amide bonds. The maximum atomic E-state index is 11.1. The monoisotopic (exact) mass is 351 g/mol. The minimum Gasteiger partial charge on any atom is -0.496 e. The van der Waals surface area contributed by atoms with Crippen LogP contribution >= 0.6 is 0 Å². The Hall–Kier alpha value is -3.61. The van der Waals surface area contributed by atoms with Crippen molar-refractivity contribution in [3.63, 3.8) is 0 Å². The highest BCUT2D eigenvalue weighted by Gasteiger charge is 2.16. The van der Waals surface area contributed by atoms with Crippen molar-refractivity contribution in [2.45, 2.75) is 6.54 Å². The van der Waals surface area contributed by atoms with Gasteiger partial charge in [0.2, 0.25) is 0 Å². The summed E-state index contributed by atoms with van der Waals surface area (Å²) in [6.07, 6.45) is 1.52. The fourth-order valence-electron chi connectivity index (χ4n) is 2.50. The number of benzene rings is 2. The standard InChI is InChI=1S/C19H17N3O4/c1-25-18-9-5-2-6-14(18)12-20-21-13-15-10-11-19(26-15)16-7-3-4-8-17(16)22(23)24/h2-11,13,20H,12H2,1H3/b21-13-. The normalized spacial score (nSPS) is 10.8. The van der Waals surface area contributed by atoms with Crippen LogP contribution in [0.1, 0.15) is 11.3 Å². The lowest BCUT2D eigenvalue weighted by molar-refractivity contribution is -0.384. The lowest BCUT2D eigenvalue weighted by Crippen LogP contribution is -2.06. The fraction of sp³-hybridized carbons (Fsp3) is 0.105. The van der Waals surface area contributed by atoms with E-state index in [9.17, 15) is 10.1 Å². The highest BCUT2D eigenvalue weighted by Crippen LogP contribution is 2.30. The summed E-state index contributed by atoms with van der Waals surface area (Å²) >= 11 is 0. The summed E-state index contributed by atoms with van der Waals surface area (Å²) in [5.41, 5.74) is 4.33. The van der Waals surface area contributed by atoms with Crippen LogP contribution in [-0.2, 0) is 6.54 Å². The van der Waals surface area contributed by atoms with Gasteiger partial charge in [-0.25, -0.2) is 0 Å². The summed E-state index contributed by atoms with van der Waals surface area (Å²) in [4.78, 5) is 10.7. The first-order valence-corrected chi connectivity index (χ1v) is 7.90. The Labute approximate surface area is 150 Å². The Balaban J connectivity index is 1.67. The third-order valence-corrected chi connectivity index (χ3v) is 3.74. The zero-order chi connectivity index (χ0) is 18.4. The van der Waals surface area contributed by atoms with Crippen molar-refractivity contribution < 1.29 is 14.1 Å². The van der Waals surface area contributed by atoms with Crippen LogP contribution in [-0.4, -0.2) is 18.2 Å². The zero-order valence-corrected chi connectivity index (χ0v) is 14.1. The average Bonchev–Trinajstić information content (AvgIpc) is 3.14. The molecular weight excluding hydrogens is 334 g/mol. The molecule has 1 aromatic heterocycles. The minimum atomic E-state index is -0.430. The molecule has 0 aliphatic heterocycles. The molecule has 7 nitrogen and oxygen atoms in total. The molecule has 0 aliphatic rings. The number of nitro benzene ring substituents is 1. The summed E-state index contributed by atoms with van der Waals surface area (Å²) in [7, 11) is 1.62. The number of rotatable bonds is 7. The van der Waals surface area contributed by atoms with Gasteiger partial charge < -0.3 is 14.6 Å². The molecule has 132 valence electrons. The molecule has 0 unspecified atom stereocenters. The van der Waals surface area contributed by atoms with Gasteiger partial charge in [-0.2, -0.15) is 5.10 Å². The van der Waals surface area contributed by atoms with E-state index in [1.807, 2.05) is 24.3 Å². The highest BCUT2D eigenvalue weighted by molar-refractivity contribution is 5.78. The van der Waals surface area contributed by atoms with Crippen molar-refractivity contribution in [3.05, 3.63) is 82.1 Å². The van der Waals surface area contributed by atoms with Crippen molar-refractivity contribution in [1.29, 1.82) is 0 Å². The number of nitrogens with one attached hydrogen (secondary N) is 1. The number of hydrogen-bond acceptors (Lipinski definition) is 6. The first kappa shape index (κ1) is 17.2. The van der Waals surface area contributed by atoms with E-state index in [4.69, 9.17) is 9.15 Å². The Morgan fingerprint density at radius 3 is 2.73 bits per heavy atom. The molecule has 0 saturated heterocycles. The van der Waals surface area contributed by atoms with Crippen molar-refractivity contribution in [2.24, 2.45) is 5.10 Å². The van der Waals surface area contributed by atoms with Gasteiger partial charge >= 0.3 is 0 Å². The first-order valence-electron chi connectivity index (χ1n) is 7.90. The predicted octanol–water partition coefficient (Wildman–Crippen LogP) is 3.99. The van der Waals surface area contributed by atoms with Crippen LogP contribution in [0.4, 0.5) is 5.69 Å². The number of furan rings is 1. The van der Waals surface area contributed by atoms with E-state index in [0.717, 1.165) is 11.3 Å². The second-order valence-corrected chi connectivity index (χ2v) is 5.38. The molecule has 0 fully saturated rings. The summed E-state index contributed by atoms with van der Waals surface area (Å²) in [6, 6.07) is 17.5. The van der Waals surface area contributed by atoms with Crippen LogP contribution in [0.3, 0.4) is 0 Å². The predicted molar refractivity (Wildman–Crippen MR) is 98.2 cm³/mol. The van der Waals surface area contributed by atoms with Gasteiger partial charge in [0, 0.05) is 11.6 Å². The minimum absolute atomic E-state index is 0.000337. The van der Waals surface area contributed by atoms with Crippen LogP contribution < -0.4 is 10.2 Å². The molecule has 3 aromatic rings. The van der Waals surface area contributed by atoms with Crippen LogP contribution in [0.15, 0.2) is 70.2 Å². The van der Waals surface area contributed by atoms with Gasteiger partial charge in [-0.1, -0.05) is 30.3 Å². The lowest BCUT2D eigenvalue weighted by atomic mass is 10.1. The maximum Gasteiger partial charge on any atom is 0.280 e. The number of para-hydroxylation sites is 2. The molecule has 1 heterocycles. The molecule has 2 aromatic carbocycles. The Morgan fingerprint density at radius 2 is 1.92 bits per heavy atom. The highest BCUT2D eigenvalue weighted by atomic mass is 16.6. The number of methoxy groups -OCH3 is 1. The van der Waals surface area contributed by atoms with Gasteiger partial charge in [0.05, 0.1) is 30.4 Å². The maximum absolute atomic E-state index is 11.1. The van der Waals surface area contributed by atoms with Crippen molar-refractivity contribution in [2.75, 3.05) is 7.11 Å². The van der Waals surface area contributed by atoms with E-state index >= 15 is 0 Å². The van der Waals surface area contributed by atoms with Crippen LogP contribution in [0.2, 0.25) is 0 Å². The topological polar surface area (TPSA) is 89.9 Å². The molecule has 0 bridgehead atoms. The number of hydrogen-bond donors (Lipinski definition) is 1. The van der Waals surface area contributed by atoms with Gasteiger partial charge in [-0.15, -0.1) is 0 Å². The molecule has 0 atom stereocenters. The number of hydrazone groups is 1. The molecule has 1 N–H and O–H groups in total. The third kappa shape index (κ3) is 3.89. The number of nitrogens with zero attached hydrogens (tertiary/aromatic N) is 2. The molecule has 7 heteroatoms. The summed E-state index contributed by atoms with van der Waals surface area (Å²) in [6.45, 7) is 0.498. The van der Waals surface area contributed by atoms with E-state index in [2.05, 4.69) is 10.5 Å². The van der Waals surface area contributed by atoms with Gasteiger partial charge in [-0.05, 0) is 24.3 Å². The largest absolute Gasteiger partial charge is 0.496 e. The van der Waals surface area contributed by atoms with E-state index in [1.54, 1.807) is 37.4 Å². The Bertz CT molecular complexity index is 934. The van der Waals surface area contributed by atoms with Crippen LogP contribution in [0.25, 0.3) is 11.3 Å². The van der Waals surface area contributed by atoms with Crippen LogP contribution in [0.5, 0.6) is 5.75 Å². The van der Waals surface area contributed by atoms with Gasteiger partial charge in [0.25, 0.3) is 5.69 Å². The van der Waals surface area contributed by atoms with Crippen LogP contribution in [0, 0.1) is 10.1 Å². The molecule has 0 saturated carbocycles.